The summed E-state index contributed by atoms with van der Waals surface area (Å²) in [6.07, 6.45) is 2.96. The molecule has 34 heavy (non-hydrogen) atoms. The van der Waals surface area contributed by atoms with Gasteiger partial charge < -0.3 is 10.1 Å². The number of carbonyl (C=O) groups is 1. The van der Waals surface area contributed by atoms with E-state index in [4.69, 9.17) is 4.74 Å². The zero-order chi connectivity index (χ0) is 24.0. The van der Waals surface area contributed by atoms with E-state index >= 15 is 0 Å². The number of nitrogens with zero attached hydrogens (tertiary/aromatic N) is 3. The van der Waals surface area contributed by atoms with E-state index in [2.05, 4.69) is 25.0 Å². The van der Waals surface area contributed by atoms with E-state index < -0.39 is 10.0 Å². The number of thiazole rings is 1. The van der Waals surface area contributed by atoms with Crippen LogP contribution in [0.3, 0.4) is 0 Å². The molecule has 2 aromatic carbocycles. The van der Waals surface area contributed by atoms with E-state index in [-0.39, 0.29) is 23.2 Å². The van der Waals surface area contributed by atoms with Crippen LogP contribution < -0.4 is 14.8 Å². The van der Waals surface area contributed by atoms with Gasteiger partial charge in [0.25, 0.3) is 10.0 Å². The van der Waals surface area contributed by atoms with Crippen molar-refractivity contribution in [2.45, 2.75) is 18.2 Å². The minimum absolute atomic E-state index is 0.0219. The average molecular weight is 496 g/mol. The van der Waals surface area contributed by atoms with Crippen LogP contribution in [-0.2, 0) is 21.2 Å². The fraction of sp³-hybridized carbons (Fsp3) is 0.130. The molecule has 0 spiro atoms. The van der Waals surface area contributed by atoms with Gasteiger partial charge in [-0.1, -0.05) is 12.1 Å². The summed E-state index contributed by atoms with van der Waals surface area (Å²) < 4.78 is 32.9. The Labute approximate surface area is 200 Å². The molecule has 2 heterocycles. The van der Waals surface area contributed by atoms with Crippen LogP contribution in [0, 0.1) is 0 Å². The second-order valence-corrected chi connectivity index (χ2v) is 9.54. The van der Waals surface area contributed by atoms with Crippen LogP contribution in [0.15, 0.2) is 77.3 Å². The number of amides is 1. The second-order valence-electron chi connectivity index (χ2n) is 7.00. The molecule has 1 amide bonds. The smallest absolute Gasteiger partial charge is 0.264 e. The molecule has 0 bridgehead atoms. The highest BCUT2D eigenvalue weighted by Gasteiger charge is 2.16. The summed E-state index contributed by atoms with van der Waals surface area (Å²) in [5.41, 5.74) is 1.99. The van der Waals surface area contributed by atoms with Gasteiger partial charge in [0, 0.05) is 23.5 Å². The van der Waals surface area contributed by atoms with Gasteiger partial charge in [-0.05, 0) is 49.4 Å². The molecule has 4 aromatic rings. The third kappa shape index (κ3) is 5.74. The van der Waals surface area contributed by atoms with Crippen LogP contribution in [-0.4, -0.2) is 35.9 Å². The molecule has 0 saturated heterocycles. The molecule has 0 atom stereocenters. The molecule has 174 valence electrons. The maximum absolute atomic E-state index is 12.5. The zero-order valence-electron chi connectivity index (χ0n) is 18.1. The zero-order valence-corrected chi connectivity index (χ0v) is 19.8. The number of nitrogens with one attached hydrogen (secondary N) is 2. The number of hydrogen-bond acceptors (Lipinski definition) is 8. The van der Waals surface area contributed by atoms with Crippen molar-refractivity contribution in [1.29, 1.82) is 0 Å². The van der Waals surface area contributed by atoms with Gasteiger partial charge in [0.2, 0.25) is 11.9 Å². The predicted molar refractivity (Wildman–Crippen MR) is 130 cm³/mol. The third-order valence-corrected chi connectivity index (χ3v) is 6.82. The van der Waals surface area contributed by atoms with Gasteiger partial charge in [-0.3, -0.25) is 4.79 Å². The van der Waals surface area contributed by atoms with Crippen molar-refractivity contribution in [1.82, 2.24) is 15.0 Å². The van der Waals surface area contributed by atoms with Gasteiger partial charge in [0.05, 0.1) is 29.2 Å². The number of aromatic nitrogens is 3. The summed E-state index contributed by atoms with van der Waals surface area (Å²) in [4.78, 5) is 24.8. The van der Waals surface area contributed by atoms with Crippen LogP contribution in [0.25, 0.3) is 10.6 Å². The first kappa shape index (κ1) is 23.3. The van der Waals surface area contributed by atoms with Gasteiger partial charge in [-0.25, -0.2) is 28.1 Å². The van der Waals surface area contributed by atoms with E-state index in [9.17, 15) is 13.2 Å². The number of rotatable bonds is 9. The molecule has 2 aromatic heterocycles. The summed E-state index contributed by atoms with van der Waals surface area (Å²) in [7, 11) is -3.85. The normalized spacial score (nSPS) is 11.1. The Bertz CT molecular complexity index is 1370. The number of hydrogen-bond donors (Lipinski definition) is 2. The average Bonchev–Trinajstić information content (AvgIpc) is 3.28. The van der Waals surface area contributed by atoms with Gasteiger partial charge in [0.1, 0.15) is 10.8 Å². The Morgan fingerprint density at radius 3 is 2.50 bits per heavy atom. The number of sulfonamides is 1. The number of para-hydroxylation sites is 1. The fourth-order valence-corrected chi connectivity index (χ4v) is 4.86. The molecule has 9 nitrogen and oxygen atoms in total. The van der Waals surface area contributed by atoms with Gasteiger partial charge >= 0.3 is 0 Å². The van der Waals surface area contributed by atoms with E-state index in [1.54, 1.807) is 6.07 Å². The van der Waals surface area contributed by atoms with Crippen molar-refractivity contribution in [2.24, 2.45) is 0 Å². The molecule has 0 aliphatic carbocycles. The minimum atomic E-state index is -3.85. The van der Waals surface area contributed by atoms with Crippen molar-refractivity contribution < 1.29 is 17.9 Å². The SMILES string of the molecule is CCOc1ccccc1-c1nc(CC(=O)Nc2ccc(S(=O)(=O)Nc3ncccn3)cc2)cs1. The van der Waals surface area contributed by atoms with E-state index in [0.29, 0.717) is 18.0 Å². The minimum Gasteiger partial charge on any atom is -0.493 e. The number of ether oxygens (including phenoxy) is 1. The van der Waals surface area contributed by atoms with Crippen LogP contribution in [0.2, 0.25) is 0 Å². The third-order valence-electron chi connectivity index (χ3n) is 4.55. The number of carbonyl (C=O) groups excluding carboxylic acids is 1. The Hall–Kier alpha value is -3.83. The summed E-state index contributed by atoms with van der Waals surface area (Å²) in [5.74, 6) is 0.464. The highest BCUT2D eigenvalue weighted by Crippen LogP contribution is 2.32. The Kier molecular flexibility index (Phi) is 7.14. The Morgan fingerprint density at radius 1 is 1.03 bits per heavy atom. The standard InChI is InChI=1S/C23H21N5O4S2/c1-2-32-20-7-4-3-6-19(20)22-27-17(15-33-22)14-21(29)26-16-8-10-18(11-9-16)34(30,31)28-23-24-12-5-13-25-23/h3-13,15H,2,14H2,1H3,(H,26,29)(H,24,25,28). The van der Waals surface area contributed by atoms with Crippen LogP contribution >= 0.6 is 11.3 Å². The van der Waals surface area contributed by atoms with Crippen molar-refractivity contribution in [3.05, 3.63) is 78.1 Å². The lowest BCUT2D eigenvalue weighted by molar-refractivity contribution is -0.115. The van der Waals surface area contributed by atoms with Crippen LogP contribution in [0.5, 0.6) is 5.75 Å². The lowest BCUT2D eigenvalue weighted by Crippen LogP contribution is -2.16. The van der Waals surface area contributed by atoms with Crippen molar-refractivity contribution >= 4 is 38.9 Å². The van der Waals surface area contributed by atoms with E-state index in [1.165, 1.54) is 48.0 Å². The molecule has 2 N–H and O–H groups in total. The molecule has 0 radical (unpaired) electrons. The molecule has 0 fully saturated rings. The van der Waals surface area contributed by atoms with E-state index in [1.807, 2.05) is 36.6 Å². The molecule has 4 rings (SSSR count). The molecular weight excluding hydrogens is 474 g/mol. The molecule has 0 saturated carbocycles. The van der Waals surface area contributed by atoms with Gasteiger partial charge in [0.15, 0.2) is 0 Å². The van der Waals surface area contributed by atoms with Crippen LogP contribution in [0.1, 0.15) is 12.6 Å². The van der Waals surface area contributed by atoms with Crippen molar-refractivity contribution in [3.63, 3.8) is 0 Å². The fourth-order valence-electron chi connectivity index (χ4n) is 3.05. The van der Waals surface area contributed by atoms with Gasteiger partial charge in [-0.2, -0.15) is 0 Å². The van der Waals surface area contributed by atoms with Crippen molar-refractivity contribution in [2.75, 3.05) is 16.6 Å². The quantitative estimate of drug-likeness (QED) is 0.360. The first-order chi connectivity index (χ1) is 16.4. The summed E-state index contributed by atoms with van der Waals surface area (Å²) in [5, 5.41) is 5.37. The van der Waals surface area contributed by atoms with Gasteiger partial charge in [-0.15, -0.1) is 11.3 Å². The molecule has 0 unspecified atom stereocenters. The summed E-state index contributed by atoms with van der Waals surface area (Å²) in [6.45, 7) is 2.47. The predicted octanol–water partition coefficient (Wildman–Crippen LogP) is 3.98. The molecule has 0 aliphatic heterocycles. The summed E-state index contributed by atoms with van der Waals surface area (Å²) in [6, 6.07) is 15.0. The van der Waals surface area contributed by atoms with E-state index in [0.717, 1.165) is 16.3 Å². The lowest BCUT2D eigenvalue weighted by atomic mass is 10.2. The number of benzene rings is 2. The molecular formula is C23H21N5O4S2. The number of anilines is 2. The monoisotopic (exact) mass is 495 g/mol. The summed E-state index contributed by atoms with van der Waals surface area (Å²) >= 11 is 1.44. The largest absolute Gasteiger partial charge is 0.493 e. The highest BCUT2D eigenvalue weighted by molar-refractivity contribution is 7.92. The first-order valence-electron chi connectivity index (χ1n) is 10.3. The Morgan fingerprint density at radius 2 is 1.76 bits per heavy atom. The highest BCUT2D eigenvalue weighted by atomic mass is 32.2. The topological polar surface area (TPSA) is 123 Å². The van der Waals surface area contributed by atoms with Crippen LogP contribution in [0.4, 0.5) is 11.6 Å². The molecule has 11 heteroatoms. The maximum atomic E-state index is 12.5. The molecule has 0 aliphatic rings. The lowest BCUT2D eigenvalue weighted by Gasteiger charge is -2.08. The first-order valence-corrected chi connectivity index (χ1v) is 12.7. The maximum Gasteiger partial charge on any atom is 0.264 e. The van der Waals surface area contributed by atoms with Crippen molar-refractivity contribution in [3.8, 4) is 16.3 Å². The Balaban J connectivity index is 1.39. The second kappa shape index (κ2) is 10.4.